The van der Waals surface area contributed by atoms with E-state index in [4.69, 9.17) is 9.47 Å². The van der Waals surface area contributed by atoms with Crippen LogP contribution in [0.25, 0.3) is 0 Å². The molecular formula is C14H19NO4S. The van der Waals surface area contributed by atoms with Crippen LogP contribution in [0, 0.1) is 0 Å². The molecule has 1 fully saturated rings. The van der Waals surface area contributed by atoms with Crippen molar-refractivity contribution < 1.29 is 17.9 Å². The zero-order chi connectivity index (χ0) is 14.0. The lowest BCUT2D eigenvalue weighted by atomic mass is 10.0. The molecule has 2 unspecified atom stereocenters. The number of fused-ring (bicyclic) bond motifs is 1. The summed E-state index contributed by atoms with van der Waals surface area (Å²) in [4.78, 5) is 0.463. The van der Waals surface area contributed by atoms with Crippen molar-refractivity contribution >= 4 is 9.84 Å². The van der Waals surface area contributed by atoms with Crippen molar-refractivity contribution in [3.05, 3.63) is 29.8 Å². The standard InChI is InChI=1S/C14H19NO4S/c16-20(17)8-5-13(12-3-1-2-4-14(12)20)15-9-11-10-18-6-7-19-11/h1-4,11,13,15H,5-10H2. The van der Waals surface area contributed by atoms with E-state index < -0.39 is 9.84 Å². The average molecular weight is 297 g/mol. The Bertz CT molecular complexity index is 566. The van der Waals surface area contributed by atoms with Crippen LogP contribution in [0.15, 0.2) is 29.2 Å². The van der Waals surface area contributed by atoms with Crippen LogP contribution in [-0.4, -0.2) is 46.6 Å². The first-order valence-electron chi connectivity index (χ1n) is 6.91. The van der Waals surface area contributed by atoms with Crippen molar-refractivity contribution in [1.82, 2.24) is 5.32 Å². The van der Waals surface area contributed by atoms with Crippen LogP contribution in [0.5, 0.6) is 0 Å². The summed E-state index contributed by atoms with van der Waals surface area (Å²) in [6.07, 6.45) is 0.655. The van der Waals surface area contributed by atoms with E-state index in [2.05, 4.69) is 5.32 Å². The van der Waals surface area contributed by atoms with Crippen molar-refractivity contribution in [1.29, 1.82) is 0 Å². The largest absolute Gasteiger partial charge is 0.376 e. The number of sulfone groups is 1. The van der Waals surface area contributed by atoms with E-state index in [-0.39, 0.29) is 17.9 Å². The highest BCUT2D eigenvalue weighted by Crippen LogP contribution is 2.31. The zero-order valence-electron chi connectivity index (χ0n) is 11.2. The minimum atomic E-state index is -3.11. The lowest BCUT2D eigenvalue weighted by Gasteiger charge is -2.29. The lowest BCUT2D eigenvalue weighted by molar-refractivity contribution is -0.0871. The Morgan fingerprint density at radius 3 is 2.90 bits per heavy atom. The van der Waals surface area contributed by atoms with Crippen LogP contribution in [0.4, 0.5) is 0 Å². The second kappa shape index (κ2) is 5.81. The SMILES string of the molecule is O=S1(=O)CCC(NCC2COCCO2)c2ccccc21. The fraction of sp³-hybridized carbons (Fsp3) is 0.571. The first-order chi connectivity index (χ1) is 9.67. The molecule has 2 heterocycles. The van der Waals surface area contributed by atoms with E-state index in [1.54, 1.807) is 12.1 Å². The minimum Gasteiger partial charge on any atom is -0.376 e. The summed E-state index contributed by atoms with van der Waals surface area (Å²) < 4.78 is 35.1. The van der Waals surface area contributed by atoms with Gasteiger partial charge in [-0.15, -0.1) is 0 Å². The number of hydrogen-bond donors (Lipinski definition) is 1. The molecule has 2 atom stereocenters. The van der Waals surface area contributed by atoms with Gasteiger partial charge in [0.1, 0.15) is 0 Å². The summed E-state index contributed by atoms with van der Waals surface area (Å²) >= 11 is 0. The molecule has 1 aromatic carbocycles. The Kier molecular flexibility index (Phi) is 4.07. The fourth-order valence-electron chi connectivity index (χ4n) is 2.73. The third kappa shape index (κ3) is 2.88. The number of hydrogen-bond acceptors (Lipinski definition) is 5. The molecule has 1 N–H and O–H groups in total. The van der Waals surface area contributed by atoms with Crippen LogP contribution in [0.1, 0.15) is 18.0 Å². The number of ether oxygens (including phenoxy) is 2. The summed E-state index contributed by atoms with van der Waals surface area (Å²) in [5, 5.41) is 3.42. The quantitative estimate of drug-likeness (QED) is 0.898. The number of nitrogens with one attached hydrogen (secondary N) is 1. The van der Waals surface area contributed by atoms with Crippen molar-refractivity contribution in [3.63, 3.8) is 0 Å². The van der Waals surface area contributed by atoms with Crippen LogP contribution in [-0.2, 0) is 19.3 Å². The molecule has 1 saturated heterocycles. The van der Waals surface area contributed by atoms with Crippen molar-refractivity contribution in [2.75, 3.05) is 32.1 Å². The molecule has 0 bridgehead atoms. The van der Waals surface area contributed by atoms with Gasteiger partial charge in [0.05, 0.1) is 36.6 Å². The molecule has 6 heteroatoms. The smallest absolute Gasteiger partial charge is 0.178 e. The van der Waals surface area contributed by atoms with E-state index in [1.807, 2.05) is 12.1 Å². The van der Waals surface area contributed by atoms with Gasteiger partial charge in [-0.2, -0.15) is 0 Å². The Labute approximate surface area is 119 Å². The van der Waals surface area contributed by atoms with Gasteiger partial charge in [-0.05, 0) is 18.1 Å². The third-order valence-corrected chi connectivity index (χ3v) is 5.60. The molecule has 2 aliphatic rings. The molecule has 3 rings (SSSR count). The van der Waals surface area contributed by atoms with Gasteiger partial charge in [-0.3, -0.25) is 0 Å². The van der Waals surface area contributed by atoms with E-state index in [0.717, 1.165) is 5.56 Å². The molecule has 5 nitrogen and oxygen atoms in total. The maximum absolute atomic E-state index is 12.1. The Morgan fingerprint density at radius 1 is 1.25 bits per heavy atom. The number of benzene rings is 1. The van der Waals surface area contributed by atoms with Crippen LogP contribution in [0.2, 0.25) is 0 Å². The highest BCUT2D eigenvalue weighted by Gasteiger charge is 2.30. The molecule has 0 saturated carbocycles. The maximum atomic E-state index is 12.1. The molecular weight excluding hydrogens is 278 g/mol. The number of rotatable bonds is 3. The van der Waals surface area contributed by atoms with Crippen molar-refractivity contribution in [2.24, 2.45) is 0 Å². The van der Waals surface area contributed by atoms with E-state index in [1.165, 1.54) is 0 Å². The fourth-order valence-corrected chi connectivity index (χ4v) is 4.35. The second-order valence-electron chi connectivity index (χ2n) is 5.17. The molecule has 1 aromatic rings. The maximum Gasteiger partial charge on any atom is 0.178 e. The molecule has 0 amide bonds. The zero-order valence-corrected chi connectivity index (χ0v) is 12.1. The predicted octanol–water partition coefficient (Wildman–Crippen LogP) is 0.910. The van der Waals surface area contributed by atoms with Gasteiger partial charge >= 0.3 is 0 Å². The third-order valence-electron chi connectivity index (χ3n) is 3.78. The molecule has 110 valence electrons. The highest BCUT2D eigenvalue weighted by atomic mass is 32.2. The Balaban J connectivity index is 1.71. The summed E-state index contributed by atoms with van der Waals surface area (Å²) in [5.74, 6) is 0.198. The minimum absolute atomic E-state index is 0.0504. The van der Waals surface area contributed by atoms with Gasteiger partial charge in [0, 0.05) is 12.6 Å². The summed E-state index contributed by atoms with van der Waals surface area (Å²) in [6, 6.07) is 7.31. The molecule has 2 aliphatic heterocycles. The van der Waals surface area contributed by atoms with Crippen LogP contribution < -0.4 is 5.32 Å². The van der Waals surface area contributed by atoms with Gasteiger partial charge < -0.3 is 14.8 Å². The van der Waals surface area contributed by atoms with E-state index in [0.29, 0.717) is 37.7 Å². The van der Waals surface area contributed by atoms with Gasteiger partial charge in [0.2, 0.25) is 0 Å². The van der Waals surface area contributed by atoms with Gasteiger partial charge in [-0.25, -0.2) is 8.42 Å². The van der Waals surface area contributed by atoms with Gasteiger partial charge in [-0.1, -0.05) is 18.2 Å². The normalized spacial score (nSPS) is 28.8. The summed E-state index contributed by atoms with van der Waals surface area (Å²) in [7, 11) is -3.11. The van der Waals surface area contributed by atoms with Crippen LogP contribution >= 0.6 is 0 Å². The first-order valence-corrected chi connectivity index (χ1v) is 8.56. The second-order valence-corrected chi connectivity index (χ2v) is 7.25. The van der Waals surface area contributed by atoms with Crippen molar-refractivity contribution in [2.45, 2.75) is 23.5 Å². The van der Waals surface area contributed by atoms with Gasteiger partial charge in [0.25, 0.3) is 0 Å². The Hall–Kier alpha value is -0.950. The van der Waals surface area contributed by atoms with Crippen molar-refractivity contribution in [3.8, 4) is 0 Å². The van der Waals surface area contributed by atoms with Crippen LogP contribution in [0.3, 0.4) is 0 Å². The first kappa shape index (κ1) is 14.0. The Morgan fingerprint density at radius 2 is 2.10 bits per heavy atom. The molecule has 0 aliphatic carbocycles. The summed E-state index contributed by atoms with van der Waals surface area (Å²) in [6.45, 7) is 2.56. The molecule has 20 heavy (non-hydrogen) atoms. The lowest BCUT2D eigenvalue weighted by Crippen LogP contribution is -2.40. The monoisotopic (exact) mass is 297 g/mol. The molecule has 0 radical (unpaired) electrons. The van der Waals surface area contributed by atoms with Gasteiger partial charge in [0.15, 0.2) is 9.84 Å². The topological polar surface area (TPSA) is 64.6 Å². The predicted molar refractivity (Wildman–Crippen MR) is 74.4 cm³/mol. The van der Waals surface area contributed by atoms with E-state index in [9.17, 15) is 8.42 Å². The summed E-state index contributed by atoms with van der Waals surface area (Å²) in [5.41, 5.74) is 0.871. The molecule has 0 aromatic heterocycles. The average Bonchev–Trinajstić information content (AvgIpc) is 2.48. The molecule has 0 spiro atoms. The van der Waals surface area contributed by atoms with E-state index >= 15 is 0 Å². The highest BCUT2D eigenvalue weighted by molar-refractivity contribution is 7.91.